The van der Waals surface area contributed by atoms with E-state index in [2.05, 4.69) is 15.3 Å². The van der Waals surface area contributed by atoms with Gasteiger partial charge < -0.3 is 20.6 Å². The SMILES string of the molecule is Cn1cc(N)cc1C(=O)NCc1cnc[nH]1. The van der Waals surface area contributed by atoms with E-state index in [9.17, 15) is 4.79 Å². The molecule has 0 saturated heterocycles. The maximum Gasteiger partial charge on any atom is 0.268 e. The van der Waals surface area contributed by atoms with Crippen LogP contribution in [-0.2, 0) is 13.6 Å². The molecule has 0 aliphatic rings. The molecule has 1 amide bonds. The minimum atomic E-state index is -0.159. The van der Waals surface area contributed by atoms with Gasteiger partial charge >= 0.3 is 0 Å². The number of hydrogen-bond acceptors (Lipinski definition) is 3. The number of carbonyl (C=O) groups is 1. The van der Waals surface area contributed by atoms with Gasteiger partial charge in [-0.3, -0.25) is 4.79 Å². The molecule has 2 aromatic rings. The van der Waals surface area contributed by atoms with Crippen molar-refractivity contribution < 1.29 is 4.79 Å². The topological polar surface area (TPSA) is 88.7 Å². The van der Waals surface area contributed by atoms with Crippen LogP contribution in [-0.4, -0.2) is 20.4 Å². The zero-order chi connectivity index (χ0) is 11.5. The number of hydrogen-bond donors (Lipinski definition) is 3. The van der Waals surface area contributed by atoms with Crippen molar-refractivity contribution in [2.75, 3.05) is 5.73 Å². The lowest BCUT2D eigenvalue weighted by Gasteiger charge is -2.04. The molecule has 0 radical (unpaired) electrons. The van der Waals surface area contributed by atoms with Gasteiger partial charge in [-0.05, 0) is 6.07 Å². The summed E-state index contributed by atoms with van der Waals surface area (Å²) in [6.45, 7) is 0.421. The maximum atomic E-state index is 11.8. The highest BCUT2D eigenvalue weighted by Gasteiger charge is 2.10. The molecule has 16 heavy (non-hydrogen) atoms. The van der Waals surface area contributed by atoms with Gasteiger partial charge in [0.05, 0.1) is 24.3 Å². The third-order valence-electron chi connectivity index (χ3n) is 2.25. The third kappa shape index (κ3) is 2.05. The maximum absolute atomic E-state index is 11.8. The van der Waals surface area contributed by atoms with Gasteiger partial charge in [-0.25, -0.2) is 4.98 Å². The molecule has 0 bridgehead atoms. The van der Waals surface area contributed by atoms with Crippen molar-refractivity contribution in [3.05, 3.63) is 36.2 Å². The number of carbonyl (C=O) groups excluding carboxylic acids is 1. The van der Waals surface area contributed by atoms with E-state index in [0.29, 0.717) is 17.9 Å². The fourth-order valence-corrected chi connectivity index (χ4v) is 1.46. The molecule has 0 aliphatic carbocycles. The Kier molecular flexibility index (Phi) is 2.63. The molecule has 0 spiro atoms. The molecular formula is C10H13N5O. The number of imidazole rings is 1. The van der Waals surface area contributed by atoms with Crippen LogP contribution < -0.4 is 11.1 Å². The molecular weight excluding hydrogens is 206 g/mol. The number of nitrogens with two attached hydrogens (primary N) is 1. The average molecular weight is 219 g/mol. The van der Waals surface area contributed by atoms with E-state index in [1.54, 1.807) is 36.4 Å². The van der Waals surface area contributed by atoms with Crippen LogP contribution in [0.5, 0.6) is 0 Å². The van der Waals surface area contributed by atoms with Crippen molar-refractivity contribution in [3.63, 3.8) is 0 Å². The Bertz CT molecular complexity index is 485. The van der Waals surface area contributed by atoms with E-state index in [-0.39, 0.29) is 5.91 Å². The summed E-state index contributed by atoms with van der Waals surface area (Å²) in [5, 5.41) is 2.77. The number of H-pyrrole nitrogens is 1. The molecule has 0 atom stereocenters. The van der Waals surface area contributed by atoms with Gasteiger partial charge in [0.2, 0.25) is 0 Å². The van der Waals surface area contributed by atoms with Gasteiger partial charge in [0, 0.05) is 19.4 Å². The molecule has 2 rings (SSSR count). The predicted octanol–water partition coefficient (Wildman–Crippen LogP) is 0.260. The molecule has 0 aliphatic heterocycles. The summed E-state index contributed by atoms with van der Waals surface area (Å²) in [5.41, 5.74) is 7.56. The minimum Gasteiger partial charge on any atom is -0.397 e. The molecule has 2 heterocycles. The van der Waals surface area contributed by atoms with Gasteiger partial charge in [-0.15, -0.1) is 0 Å². The van der Waals surface area contributed by atoms with Crippen molar-refractivity contribution in [3.8, 4) is 0 Å². The van der Waals surface area contributed by atoms with Crippen molar-refractivity contribution in [1.29, 1.82) is 0 Å². The molecule has 2 aromatic heterocycles. The van der Waals surface area contributed by atoms with Crippen molar-refractivity contribution in [1.82, 2.24) is 19.9 Å². The Hall–Kier alpha value is -2.24. The first-order valence-corrected chi connectivity index (χ1v) is 4.84. The minimum absolute atomic E-state index is 0.159. The van der Waals surface area contributed by atoms with E-state index >= 15 is 0 Å². The molecule has 0 saturated carbocycles. The molecule has 4 N–H and O–H groups in total. The fourth-order valence-electron chi connectivity index (χ4n) is 1.46. The summed E-state index contributed by atoms with van der Waals surface area (Å²) in [6.07, 6.45) is 4.94. The van der Waals surface area contributed by atoms with Crippen LogP contribution in [0.15, 0.2) is 24.8 Å². The lowest BCUT2D eigenvalue weighted by molar-refractivity contribution is 0.0942. The Labute approximate surface area is 92.5 Å². The van der Waals surface area contributed by atoms with Crippen LogP contribution in [0.4, 0.5) is 5.69 Å². The second kappa shape index (κ2) is 4.09. The van der Waals surface area contributed by atoms with Crippen LogP contribution in [0.2, 0.25) is 0 Å². The highest BCUT2D eigenvalue weighted by Crippen LogP contribution is 2.08. The van der Waals surface area contributed by atoms with Crippen LogP contribution >= 0.6 is 0 Å². The number of nitrogens with one attached hydrogen (secondary N) is 2. The van der Waals surface area contributed by atoms with E-state index in [0.717, 1.165) is 5.69 Å². The smallest absolute Gasteiger partial charge is 0.268 e. The van der Waals surface area contributed by atoms with Crippen molar-refractivity contribution >= 4 is 11.6 Å². The Balaban J connectivity index is 2.01. The average Bonchev–Trinajstić information content (AvgIpc) is 2.84. The molecule has 6 nitrogen and oxygen atoms in total. The normalized spacial score (nSPS) is 10.3. The van der Waals surface area contributed by atoms with E-state index in [1.165, 1.54) is 0 Å². The number of aryl methyl sites for hydroxylation is 1. The Morgan fingerprint density at radius 1 is 1.69 bits per heavy atom. The molecule has 6 heteroatoms. The first kappa shape index (κ1) is 10.3. The summed E-state index contributed by atoms with van der Waals surface area (Å²) in [6, 6.07) is 1.64. The quantitative estimate of drug-likeness (QED) is 0.691. The van der Waals surface area contributed by atoms with Gasteiger partial charge in [0.1, 0.15) is 5.69 Å². The fraction of sp³-hybridized carbons (Fsp3) is 0.200. The number of nitrogens with zero attached hydrogens (tertiary/aromatic N) is 2. The predicted molar refractivity (Wildman–Crippen MR) is 59.6 cm³/mol. The van der Waals surface area contributed by atoms with Gasteiger partial charge in [0.25, 0.3) is 5.91 Å². The van der Waals surface area contributed by atoms with E-state index in [1.807, 2.05) is 0 Å². The molecule has 0 fully saturated rings. The number of rotatable bonds is 3. The summed E-state index contributed by atoms with van der Waals surface area (Å²) in [4.78, 5) is 18.5. The highest BCUT2D eigenvalue weighted by atomic mass is 16.1. The monoisotopic (exact) mass is 219 g/mol. The van der Waals surface area contributed by atoms with Crippen LogP contribution in [0.3, 0.4) is 0 Å². The van der Waals surface area contributed by atoms with Crippen LogP contribution in [0, 0.1) is 0 Å². The lowest BCUT2D eigenvalue weighted by Crippen LogP contribution is -2.24. The number of aromatic nitrogens is 3. The molecule has 84 valence electrons. The van der Waals surface area contributed by atoms with Gasteiger partial charge in [-0.2, -0.15) is 0 Å². The molecule has 0 unspecified atom stereocenters. The first-order chi connectivity index (χ1) is 7.66. The number of anilines is 1. The highest BCUT2D eigenvalue weighted by molar-refractivity contribution is 5.93. The second-order valence-corrected chi connectivity index (χ2v) is 3.53. The third-order valence-corrected chi connectivity index (χ3v) is 2.25. The summed E-state index contributed by atoms with van der Waals surface area (Å²) >= 11 is 0. The first-order valence-electron chi connectivity index (χ1n) is 4.84. The standard InChI is InChI=1S/C10H13N5O/c1-15-5-7(11)2-9(15)10(16)13-4-8-3-12-6-14-8/h2-3,5-6H,4,11H2,1H3,(H,12,14)(H,13,16). The second-order valence-electron chi connectivity index (χ2n) is 3.53. The van der Waals surface area contributed by atoms with Crippen LogP contribution in [0.1, 0.15) is 16.2 Å². The Morgan fingerprint density at radius 2 is 2.50 bits per heavy atom. The number of nitrogen functional groups attached to an aromatic ring is 1. The zero-order valence-electron chi connectivity index (χ0n) is 8.90. The lowest BCUT2D eigenvalue weighted by atomic mass is 10.3. The number of amides is 1. The summed E-state index contributed by atoms with van der Waals surface area (Å²) in [5.74, 6) is -0.159. The zero-order valence-corrected chi connectivity index (χ0v) is 8.90. The van der Waals surface area contributed by atoms with Crippen LogP contribution in [0.25, 0.3) is 0 Å². The Morgan fingerprint density at radius 3 is 3.06 bits per heavy atom. The van der Waals surface area contributed by atoms with Crippen molar-refractivity contribution in [2.45, 2.75) is 6.54 Å². The molecule has 0 aromatic carbocycles. The summed E-state index contributed by atoms with van der Waals surface area (Å²) < 4.78 is 1.69. The number of aromatic amines is 1. The van der Waals surface area contributed by atoms with Gasteiger partial charge in [0.15, 0.2) is 0 Å². The largest absolute Gasteiger partial charge is 0.397 e. The van der Waals surface area contributed by atoms with E-state index in [4.69, 9.17) is 5.73 Å². The van der Waals surface area contributed by atoms with Crippen molar-refractivity contribution in [2.24, 2.45) is 7.05 Å². The summed E-state index contributed by atoms with van der Waals surface area (Å²) in [7, 11) is 1.78. The van der Waals surface area contributed by atoms with Gasteiger partial charge in [-0.1, -0.05) is 0 Å². The van der Waals surface area contributed by atoms with E-state index < -0.39 is 0 Å².